The zero-order valence-corrected chi connectivity index (χ0v) is 15.9. The van der Waals surface area contributed by atoms with Crippen LogP contribution in [0.4, 0.5) is 5.69 Å². The van der Waals surface area contributed by atoms with E-state index in [1.54, 1.807) is 48.5 Å². The summed E-state index contributed by atoms with van der Waals surface area (Å²) in [4.78, 5) is 17.0. The van der Waals surface area contributed by atoms with Gasteiger partial charge in [0, 0.05) is 18.0 Å². The summed E-state index contributed by atoms with van der Waals surface area (Å²) in [6.07, 6.45) is 2.19. The largest absolute Gasteiger partial charge is 0.497 e. The van der Waals surface area contributed by atoms with Gasteiger partial charge in [-0.2, -0.15) is 0 Å². The van der Waals surface area contributed by atoms with Gasteiger partial charge in [0.25, 0.3) is 10.0 Å². The molecule has 0 aliphatic heterocycles. The number of hydrogen-bond donors (Lipinski definition) is 0. The number of benzene rings is 2. The predicted molar refractivity (Wildman–Crippen MR) is 104 cm³/mol. The maximum atomic E-state index is 13.5. The molecule has 0 saturated heterocycles. The lowest BCUT2D eigenvalue weighted by atomic mass is 10.2. The second kappa shape index (κ2) is 7.75. The number of para-hydroxylation sites is 1. The third kappa shape index (κ3) is 3.64. The fourth-order valence-electron chi connectivity index (χ4n) is 2.83. The Morgan fingerprint density at radius 3 is 2.44 bits per heavy atom. The lowest BCUT2D eigenvalue weighted by Crippen LogP contribution is -2.37. The fourth-order valence-corrected chi connectivity index (χ4v) is 4.45. The zero-order chi connectivity index (χ0) is 19.4. The minimum absolute atomic E-state index is 0.000807. The van der Waals surface area contributed by atoms with Crippen LogP contribution in [0.15, 0.2) is 65.7 Å². The number of anilines is 1. The number of fused-ring (bicyclic) bond motifs is 1. The number of hydrogen-bond acceptors (Lipinski definition) is 5. The van der Waals surface area contributed by atoms with Gasteiger partial charge in [-0.05, 0) is 42.8 Å². The summed E-state index contributed by atoms with van der Waals surface area (Å²) in [5, 5.41) is 0.691. The summed E-state index contributed by atoms with van der Waals surface area (Å²) >= 11 is 0. The highest BCUT2D eigenvalue weighted by atomic mass is 32.2. The van der Waals surface area contributed by atoms with Crippen LogP contribution in [0.3, 0.4) is 0 Å². The number of carbonyl (C=O) groups excluding carboxylic acids is 1. The molecule has 0 N–H and O–H groups in total. The average molecular weight is 384 g/mol. The maximum Gasteiger partial charge on any atom is 0.273 e. The second-order valence-corrected chi connectivity index (χ2v) is 7.70. The van der Waals surface area contributed by atoms with E-state index in [0.29, 0.717) is 23.1 Å². The minimum atomic E-state index is -4.14. The fraction of sp³-hybridized carbons (Fsp3) is 0.200. The minimum Gasteiger partial charge on any atom is -0.497 e. The normalized spacial score (nSPS) is 11.3. The number of methoxy groups -OCH3 is 1. The molecule has 0 atom stereocenters. The Balaban J connectivity index is 2.18. The highest BCUT2D eigenvalue weighted by molar-refractivity contribution is 7.93. The van der Waals surface area contributed by atoms with E-state index >= 15 is 0 Å². The molecule has 1 aromatic heterocycles. The van der Waals surface area contributed by atoms with Crippen LogP contribution in [-0.2, 0) is 14.8 Å². The smallest absolute Gasteiger partial charge is 0.273 e. The van der Waals surface area contributed by atoms with E-state index < -0.39 is 15.9 Å². The first-order chi connectivity index (χ1) is 13.0. The van der Waals surface area contributed by atoms with Crippen molar-refractivity contribution < 1.29 is 17.9 Å². The standard InChI is InChI=1S/C20H20N2O4S/c1-3-6-19(23)22(16-10-12-17(26-2)13-11-16)27(24,25)18-9-4-7-15-8-5-14-21-20(15)18/h4-5,7-14H,3,6H2,1-2H3. The molecular formula is C20H20N2O4S. The Morgan fingerprint density at radius 2 is 1.78 bits per heavy atom. The lowest BCUT2D eigenvalue weighted by Gasteiger charge is -2.23. The third-order valence-electron chi connectivity index (χ3n) is 4.11. The molecule has 27 heavy (non-hydrogen) atoms. The SMILES string of the molecule is CCCC(=O)N(c1ccc(OC)cc1)S(=O)(=O)c1cccc2cccnc12. The van der Waals surface area contributed by atoms with Gasteiger partial charge in [-0.15, -0.1) is 0 Å². The van der Waals surface area contributed by atoms with Crippen molar-refractivity contribution in [3.63, 3.8) is 0 Å². The summed E-state index contributed by atoms with van der Waals surface area (Å²) in [5.74, 6) is 0.0847. The molecular weight excluding hydrogens is 364 g/mol. The summed E-state index contributed by atoms with van der Waals surface area (Å²) in [5.41, 5.74) is 0.602. The van der Waals surface area contributed by atoms with Crippen molar-refractivity contribution in [2.24, 2.45) is 0 Å². The van der Waals surface area contributed by atoms with Crippen molar-refractivity contribution >= 4 is 32.5 Å². The van der Waals surface area contributed by atoms with E-state index in [1.165, 1.54) is 19.4 Å². The molecule has 140 valence electrons. The maximum absolute atomic E-state index is 13.5. The molecule has 7 heteroatoms. The van der Waals surface area contributed by atoms with Crippen LogP contribution in [0, 0.1) is 0 Å². The summed E-state index contributed by atoms with van der Waals surface area (Å²) in [6.45, 7) is 1.83. The first kappa shape index (κ1) is 18.8. The molecule has 6 nitrogen and oxygen atoms in total. The van der Waals surface area contributed by atoms with E-state index in [-0.39, 0.29) is 17.0 Å². The van der Waals surface area contributed by atoms with Gasteiger partial charge in [-0.3, -0.25) is 9.78 Å². The van der Waals surface area contributed by atoms with Gasteiger partial charge in [0.05, 0.1) is 18.3 Å². The molecule has 0 aliphatic rings. The Bertz CT molecular complexity index is 1060. The monoisotopic (exact) mass is 384 g/mol. The number of nitrogens with zero attached hydrogens (tertiary/aromatic N) is 2. The molecule has 3 aromatic rings. The van der Waals surface area contributed by atoms with Crippen LogP contribution in [-0.4, -0.2) is 26.4 Å². The first-order valence-corrected chi connectivity index (χ1v) is 9.99. The molecule has 0 unspecified atom stereocenters. The number of carbonyl (C=O) groups is 1. The molecule has 0 aliphatic carbocycles. The summed E-state index contributed by atoms with van der Waals surface area (Å²) in [6, 6.07) is 14.8. The molecule has 0 saturated carbocycles. The Kier molecular flexibility index (Phi) is 5.41. The Morgan fingerprint density at radius 1 is 1.07 bits per heavy atom. The van der Waals surface area contributed by atoms with Crippen LogP contribution in [0.25, 0.3) is 10.9 Å². The molecule has 0 radical (unpaired) electrons. The molecule has 0 spiro atoms. The van der Waals surface area contributed by atoms with Crippen LogP contribution in [0.1, 0.15) is 19.8 Å². The topological polar surface area (TPSA) is 76.6 Å². The number of ether oxygens (including phenoxy) is 1. The number of amides is 1. The van der Waals surface area contributed by atoms with Crippen molar-refractivity contribution in [1.82, 2.24) is 4.98 Å². The van der Waals surface area contributed by atoms with Crippen LogP contribution in [0.2, 0.25) is 0 Å². The summed E-state index contributed by atoms with van der Waals surface area (Å²) < 4.78 is 32.9. The van der Waals surface area contributed by atoms with E-state index in [4.69, 9.17) is 4.74 Å². The van der Waals surface area contributed by atoms with E-state index in [0.717, 1.165) is 4.31 Å². The average Bonchev–Trinajstić information content (AvgIpc) is 2.68. The van der Waals surface area contributed by atoms with Crippen LogP contribution in [0.5, 0.6) is 5.75 Å². The van der Waals surface area contributed by atoms with Gasteiger partial charge in [-0.1, -0.05) is 25.1 Å². The van der Waals surface area contributed by atoms with Gasteiger partial charge in [0.15, 0.2) is 0 Å². The molecule has 1 heterocycles. The zero-order valence-electron chi connectivity index (χ0n) is 15.1. The van der Waals surface area contributed by atoms with Crippen molar-refractivity contribution in [2.45, 2.75) is 24.7 Å². The number of rotatable bonds is 6. The first-order valence-electron chi connectivity index (χ1n) is 8.55. The van der Waals surface area contributed by atoms with Gasteiger partial charge < -0.3 is 4.74 Å². The van der Waals surface area contributed by atoms with Crippen molar-refractivity contribution in [2.75, 3.05) is 11.4 Å². The van der Waals surface area contributed by atoms with Gasteiger partial charge in [-0.25, -0.2) is 12.7 Å². The van der Waals surface area contributed by atoms with E-state index in [9.17, 15) is 13.2 Å². The lowest BCUT2D eigenvalue weighted by molar-refractivity contribution is -0.117. The second-order valence-electron chi connectivity index (χ2n) is 5.94. The van der Waals surface area contributed by atoms with Crippen molar-refractivity contribution in [1.29, 1.82) is 0 Å². The molecule has 1 amide bonds. The van der Waals surface area contributed by atoms with Crippen molar-refractivity contribution in [3.05, 3.63) is 60.8 Å². The van der Waals surface area contributed by atoms with E-state index in [1.807, 2.05) is 6.92 Å². The molecule has 2 aromatic carbocycles. The summed E-state index contributed by atoms with van der Waals surface area (Å²) in [7, 11) is -2.62. The Hall–Kier alpha value is -2.93. The number of aromatic nitrogens is 1. The molecule has 0 bridgehead atoms. The van der Waals surface area contributed by atoms with Gasteiger partial charge >= 0.3 is 0 Å². The van der Waals surface area contributed by atoms with Gasteiger partial charge in [0.2, 0.25) is 5.91 Å². The van der Waals surface area contributed by atoms with E-state index in [2.05, 4.69) is 4.98 Å². The van der Waals surface area contributed by atoms with Crippen molar-refractivity contribution in [3.8, 4) is 5.75 Å². The predicted octanol–water partition coefficient (Wildman–Crippen LogP) is 3.77. The molecule has 3 rings (SSSR count). The highest BCUT2D eigenvalue weighted by Gasteiger charge is 2.32. The third-order valence-corrected chi connectivity index (χ3v) is 5.89. The van der Waals surface area contributed by atoms with Crippen LogP contribution < -0.4 is 9.04 Å². The van der Waals surface area contributed by atoms with Gasteiger partial charge in [0.1, 0.15) is 10.6 Å². The number of sulfonamides is 1. The molecule has 0 fully saturated rings. The Labute approximate surface area is 158 Å². The number of pyridine rings is 1. The van der Waals surface area contributed by atoms with Crippen LogP contribution >= 0.6 is 0 Å². The highest BCUT2D eigenvalue weighted by Crippen LogP contribution is 2.30. The quantitative estimate of drug-likeness (QED) is 0.647.